The number of carbonyl (C=O) groups excluding carboxylic acids is 1. The Labute approximate surface area is 215 Å². The van der Waals surface area contributed by atoms with E-state index in [1.807, 2.05) is 0 Å². The zero-order chi connectivity index (χ0) is 25.3. The van der Waals surface area contributed by atoms with Gasteiger partial charge in [0.1, 0.15) is 0 Å². The molecule has 1 amide bonds. The normalized spacial score (nSPS) is 24.9. The number of amides is 1. The SMILES string of the molecule is Cc1ccc(-c2ccc(CO[C@H]3C[C@@H](O)[C@H](N4CCOCC4)[C@H]3CC=CCCCC(N)=O)cc2)cc1. The standard InChI is InChI=1S/C30H40N2O4/c1-22-8-12-24(13-9-22)25-14-10-23(11-15-25)21-36-28-20-27(33)30(32-16-18-35-19-17-32)26(28)6-4-2-3-5-7-29(31)34/h2,4,8-15,26-28,30,33H,3,5-7,16-21H2,1H3,(H2,31,34)/t26-,27+,28-,30+/m0/s1. The van der Waals surface area contributed by atoms with E-state index >= 15 is 0 Å². The Hall–Kier alpha value is -2.51. The van der Waals surface area contributed by atoms with E-state index in [-0.39, 0.29) is 24.0 Å². The van der Waals surface area contributed by atoms with E-state index in [1.165, 1.54) is 16.7 Å². The van der Waals surface area contributed by atoms with Gasteiger partial charge in [-0.15, -0.1) is 0 Å². The third kappa shape index (κ3) is 7.26. The maximum Gasteiger partial charge on any atom is 0.217 e. The van der Waals surface area contributed by atoms with Crippen molar-refractivity contribution in [3.05, 3.63) is 71.8 Å². The number of primary amides is 1. The van der Waals surface area contributed by atoms with Crippen molar-refractivity contribution in [2.75, 3.05) is 26.3 Å². The van der Waals surface area contributed by atoms with E-state index in [4.69, 9.17) is 15.2 Å². The lowest BCUT2D eigenvalue weighted by molar-refractivity contribution is -0.118. The van der Waals surface area contributed by atoms with Crippen LogP contribution in [0.1, 0.15) is 43.2 Å². The van der Waals surface area contributed by atoms with Crippen molar-refractivity contribution in [1.82, 2.24) is 4.90 Å². The van der Waals surface area contributed by atoms with Gasteiger partial charge in [0.05, 0.1) is 32.0 Å². The van der Waals surface area contributed by atoms with Crippen LogP contribution in [0.3, 0.4) is 0 Å². The number of morpholine rings is 1. The van der Waals surface area contributed by atoms with E-state index < -0.39 is 6.10 Å². The summed E-state index contributed by atoms with van der Waals surface area (Å²) in [5, 5.41) is 11.0. The molecular formula is C30H40N2O4. The van der Waals surface area contributed by atoms with Crippen molar-refractivity contribution in [1.29, 1.82) is 0 Å². The van der Waals surface area contributed by atoms with Crippen molar-refractivity contribution >= 4 is 5.91 Å². The molecule has 36 heavy (non-hydrogen) atoms. The highest BCUT2D eigenvalue weighted by Gasteiger charge is 2.45. The van der Waals surface area contributed by atoms with E-state index in [0.29, 0.717) is 32.7 Å². The molecule has 0 bridgehead atoms. The quantitative estimate of drug-likeness (QED) is 0.362. The topological polar surface area (TPSA) is 85.0 Å². The van der Waals surface area contributed by atoms with Gasteiger partial charge in [0.15, 0.2) is 0 Å². The molecule has 0 aromatic heterocycles. The van der Waals surface area contributed by atoms with Crippen molar-refractivity contribution in [2.45, 2.75) is 63.9 Å². The first-order valence-corrected chi connectivity index (χ1v) is 13.2. The number of aliphatic hydroxyl groups excluding tert-OH is 1. The van der Waals surface area contributed by atoms with Gasteiger partial charge in [-0.3, -0.25) is 9.69 Å². The smallest absolute Gasteiger partial charge is 0.217 e. The molecule has 2 fully saturated rings. The number of rotatable bonds is 11. The van der Waals surface area contributed by atoms with Crippen LogP contribution in [0, 0.1) is 12.8 Å². The highest BCUT2D eigenvalue weighted by Crippen LogP contribution is 2.36. The lowest BCUT2D eigenvalue weighted by atomic mass is 9.94. The van der Waals surface area contributed by atoms with Gasteiger partial charge < -0.3 is 20.3 Å². The Bertz CT molecular complexity index is 983. The number of benzene rings is 2. The van der Waals surface area contributed by atoms with Gasteiger partial charge in [-0.25, -0.2) is 0 Å². The molecule has 1 heterocycles. The largest absolute Gasteiger partial charge is 0.391 e. The molecule has 1 saturated carbocycles. The molecule has 3 N–H and O–H groups in total. The average Bonchev–Trinajstić information content (AvgIpc) is 3.20. The van der Waals surface area contributed by atoms with Crippen LogP contribution in [0.4, 0.5) is 0 Å². The van der Waals surface area contributed by atoms with Gasteiger partial charge in [0, 0.05) is 37.9 Å². The van der Waals surface area contributed by atoms with Gasteiger partial charge in [-0.2, -0.15) is 0 Å². The predicted molar refractivity (Wildman–Crippen MR) is 142 cm³/mol. The van der Waals surface area contributed by atoms with Crippen LogP contribution in [0.15, 0.2) is 60.7 Å². The molecule has 194 valence electrons. The molecule has 2 aromatic rings. The molecule has 4 rings (SSSR count). The number of nitrogens with two attached hydrogens (primary N) is 1. The molecule has 1 aliphatic heterocycles. The Morgan fingerprint density at radius 3 is 2.42 bits per heavy atom. The number of allylic oxidation sites excluding steroid dienone is 2. The second kappa shape index (κ2) is 13.2. The van der Waals surface area contributed by atoms with Crippen LogP contribution >= 0.6 is 0 Å². The maximum atomic E-state index is 11.0. The molecule has 6 heteroatoms. The predicted octanol–water partition coefficient (Wildman–Crippen LogP) is 4.23. The summed E-state index contributed by atoms with van der Waals surface area (Å²) >= 11 is 0. The summed E-state index contributed by atoms with van der Waals surface area (Å²) in [5.41, 5.74) is 10.0. The first-order chi connectivity index (χ1) is 17.5. The van der Waals surface area contributed by atoms with Gasteiger partial charge in [-0.05, 0) is 42.9 Å². The fourth-order valence-corrected chi connectivity index (χ4v) is 5.44. The average molecular weight is 493 g/mol. The second-order valence-electron chi connectivity index (χ2n) is 10.1. The summed E-state index contributed by atoms with van der Waals surface area (Å²) in [6.45, 7) is 5.72. The minimum absolute atomic E-state index is 0.0140. The molecule has 1 saturated heterocycles. The highest BCUT2D eigenvalue weighted by atomic mass is 16.5. The van der Waals surface area contributed by atoms with Crippen molar-refractivity contribution in [2.24, 2.45) is 11.7 Å². The van der Waals surface area contributed by atoms with E-state index in [0.717, 1.165) is 37.9 Å². The van der Waals surface area contributed by atoms with E-state index in [1.54, 1.807) is 0 Å². The van der Waals surface area contributed by atoms with Gasteiger partial charge in [-0.1, -0.05) is 66.2 Å². The number of carbonyl (C=O) groups is 1. The fourth-order valence-electron chi connectivity index (χ4n) is 5.44. The van der Waals surface area contributed by atoms with Crippen molar-refractivity contribution in [3.63, 3.8) is 0 Å². The van der Waals surface area contributed by atoms with Crippen LogP contribution in [0.25, 0.3) is 11.1 Å². The number of hydrogen-bond acceptors (Lipinski definition) is 5. The summed E-state index contributed by atoms with van der Waals surface area (Å²) in [5.74, 6) is -0.0487. The van der Waals surface area contributed by atoms with Crippen LogP contribution < -0.4 is 5.73 Å². The number of aliphatic hydroxyl groups is 1. The first-order valence-electron chi connectivity index (χ1n) is 13.2. The summed E-state index contributed by atoms with van der Waals surface area (Å²) < 4.78 is 12.0. The Kier molecular flexibility index (Phi) is 9.70. The highest BCUT2D eigenvalue weighted by molar-refractivity contribution is 5.73. The maximum absolute atomic E-state index is 11.0. The number of unbranched alkanes of at least 4 members (excludes halogenated alkanes) is 1. The minimum Gasteiger partial charge on any atom is -0.391 e. The van der Waals surface area contributed by atoms with Crippen LogP contribution in [-0.2, 0) is 20.9 Å². The van der Waals surface area contributed by atoms with Gasteiger partial charge >= 0.3 is 0 Å². The van der Waals surface area contributed by atoms with Gasteiger partial charge in [0.2, 0.25) is 5.91 Å². The lowest BCUT2D eigenvalue weighted by Gasteiger charge is -2.37. The molecule has 0 unspecified atom stereocenters. The van der Waals surface area contributed by atoms with Crippen LogP contribution in [0.5, 0.6) is 0 Å². The second-order valence-corrected chi connectivity index (χ2v) is 10.1. The number of nitrogens with zero attached hydrogens (tertiary/aromatic N) is 1. The number of aryl methyl sites for hydroxylation is 1. The minimum atomic E-state index is -0.412. The van der Waals surface area contributed by atoms with Crippen molar-refractivity contribution in [3.8, 4) is 11.1 Å². The Morgan fingerprint density at radius 2 is 1.75 bits per heavy atom. The van der Waals surface area contributed by atoms with Crippen LogP contribution in [0.2, 0.25) is 0 Å². The zero-order valence-electron chi connectivity index (χ0n) is 21.4. The van der Waals surface area contributed by atoms with Crippen LogP contribution in [-0.4, -0.2) is 60.5 Å². The molecule has 0 radical (unpaired) electrons. The van der Waals surface area contributed by atoms with E-state index in [9.17, 15) is 9.90 Å². The fraction of sp³-hybridized carbons (Fsp3) is 0.500. The summed E-state index contributed by atoms with van der Waals surface area (Å²) in [4.78, 5) is 13.3. The summed E-state index contributed by atoms with van der Waals surface area (Å²) in [7, 11) is 0. The van der Waals surface area contributed by atoms with Crippen molar-refractivity contribution < 1.29 is 19.4 Å². The molecular weight excluding hydrogens is 452 g/mol. The number of ether oxygens (including phenoxy) is 2. The third-order valence-corrected chi connectivity index (χ3v) is 7.42. The summed E-state index contributed by atoms with van der Waals surface area (Å²) in [6.07, 6.45) is 7.39. The number of hydrogen-bond donors (Lipinski definition) is 2. The third-order valence-electron chi connectivity index (χ3n) is 7.42. The Balaban J connectivity index is 1.38. The molecule has 2 aromatic carbocycles. The van der Waals surface area contributed by atoms with Gasteiger partial charge in [0.25, 0.3) is 0 Å². The molecule has 6 nitrogen and oxygen atoms in total. The molecule has 0 spiro atoms. The summed E-state index contributed by atoms with van der Waals surface area (Å²) in [6, 6.07) is 17.2. The lowest BCUT2D eigenvalue weighted by Crippen LogP contribution is -2.50. The van der Waals surface area contributed by atoms with E-state index in [2.05, 4.69) is 72.5 Å². The monoisotopic (exact) mass is 492 g/mol. The molecule has 1 aliphatic carbocycles. The molecule has 2 aliphatic rings. The molecule has 4 atom stereocenters. The Morgan fingerprint density at radius 1 is 1.08 bits per heavy atom. The first kappa shape index (κ1) is 26.6. The zero-order valence-corrected chi connectivity index (χ0v) is 21.4.